The Labute approximate surface area is 135 Å². The summed E-state index contributed by atoms with van der Waals surface area (Å²) in [6.07, 6.45) is 6.77. The van der Waals surface area contributed by atoms with E-state index in [1.165, 1.54) is 0 Å². The summed E-state index contributed by atoms with van der Waals surface area (Å²) in [5.74, 6) is 0.545. The molecule has 1 aliphatic rings. The average molecular weight is 315 g/mol. The smallest absolute Gasteiger partial charge is 0.320 e. The first-order valence-corrected chi connectivity index (χ1v) is 7.70. The molecule has 0 bridgehead atoms. The maximum atomic E-state index is 12.1. The molecular formula is C16H21N5O2. The van der Waals surface area contributed by atoms with Gasteiger partial charge < -0.3 is 14.6 Å². The molecule has 1 saturated heterocycles. The molecular weight excluding hydrogens is 294 g/mol. The molecule has 3 rings (SSSR count). The first-order chi connectivity index (χ1) is 11.1. The van der Waals surface area contributed by atoms with Crippen LogP contribution in [-0.4, -0.2) is 33.2 Å². The Balaban J connectivity index is 1.56. The van der Waals surface area contributed by atoms with Crippen LogP contribution in [0.4, 0.5) is 10.6 Å². The summed E-state index contributed by atoms with van der Waals surface area (Å²) in [7, 11) is 1.94. The lowest BCUT2D eigenvalue weighted by atomic mass is 10.0. The van der Waals surface area contributed by atoms with Crippen molar-refractivity contribution in [2.45, 2.75) is 31.9 Å². The predicted octanol–water partition coefficient (Wildman–Crippen LogP) is 2.17. The van der Waals surface area contributed by atoms with Gasteiger partial charge in [0.05, 0.1) is 18.2 Å². The summed E-state index contributed by atoms with van der Waals surface area (Å²) < 4.78 is 7.75. The predicted molar refractivity (Wildman–Crippen MR) is 86.1 cm³/mol. The lowest BCUT2D eigenvalue weighted by Gasteiger charge is -2.30. The first-order valence-electron chi connectivity index (χ1n) is 7.70. The zero-order valence-corrected chi connectivity index (χ0v) is 13.3. The van der Waals surface area contributed by atoms with Crippen molar-refractivity contribution in [3.63, 3.8) is 0 Å². The number of amides is 2. The summed E-state index contributed by atoms with van der Waals surface area (Å²) >= 11 is 0. The first kappa shape index (κ1) is 15.5. The van der Waals surface area contributed by atoms with Crippen LogP contribution < -0.4 is 10.6 Å². The third kappa shape index (κ3) is 3.87. The van der Waals surface area contributed by atoms with Crippen LogP contribution in [0.25, 0.3) is 0 Å². The molecule has 122 valence electrons. The Morgan fingerprint density at radius 1 is 1.39 bits per heavy atom. The molecule has 7 heteroatoms. The molecule has 0 unspecified atom stereocenters. The van der Waals surface area contributed by atoms with E-state index in [9.17, 15) is 4.79 Å². The highest BCUT2D eigenvalue weighted by Gasteiger charge is 2.26. The number of aryl methyl sites for hydroxylation is 2. The largest absolute Gasteiger partial charge is 0.372 e. The van der Waals surface area contributed by atoms with Crippen LogP contribution in [0, 0.1) is 6.92 Å². The fourth-order valence-corrected chi connectivity index (χ4v) is 2.69. The number of ether oxygens (including phenoxy) is 1. The Morgan fingerprint density at radius 3 is 2.96 bits per heavy atom. The van der Waals surface area contributed by atoms with E-state index in [-0.39, 0.29) is 18.2 Å². The van der Waals surface area contributed by atoms with Crippen molar-refractivity contribution in [3.05, 3.63) is 42.1 Å². The molecule has 2 N–H and O–H groups in total. The Kier molecular flexibility index (Phi) is 4.57. The number of nitrogens with zero attached hydrogens (tertiary/aromatic N) is 3. The second kappa shape index (κ2) is 6.78. The van der Waals surface area contributed by atoms with E-state index in [1.807, 2.05) is 30.8 Å². The molecule has 2 amide bonds. The summed E-state index contributed by atoms with van der Waals surface area (Å²) in [5, 5.41) is 5.75. The van der Waals surface area contributed by atoms with E-state index in [2.05, 4.69) is 20.6 Å². The Morgan fingerprint density at radius 2 is 2.26 bits per heavy atom. The molecule has 3 heterocycles. The van der Waals surface area contributed by atoms with E-state index >= 15 is 0 Å². The highest BCUT2D eigenvalue weighted by Crippen LogP contribution is 2.27. The van der Waals surface area contributed by atoms with Crippen LogP contribution in [0.1, 0.15) is 30.2 Å². The second-order valence-electron chi connectivity index (χ2n) is 5.83. The highest BCUT2D eigenvalue weighted by molar-refractivity contribution is 5.88. The number of hydrogen-bond acceptors (Lipinski definition) is 4. The van der Waals surface area contributed by atoms with Crippen LogP contribution in [-0.2, 0) is 11.8 Å². The number of urea groups is 1. The van der Waals surface area contributed by atoms with E-state index in [4.69, 9.17) is 4.74 Å². The molecule has 7 nitrogen and oxygen atoms in total. The SMILES string of the molecule is Cc1ccc(NC(=O)N[C@@H]2CCO[C@H](c3cncn3C)C2)nc1. The van der Waals surface area contributed by atoms with Gasteiger partial charge in [0.15, 0.2) is 0 Å². The molecule has 2 aromatic rings. The van der Waals surface area contributed by atoms with E-state index in [1.54, 1.807) is 18.6 Å². The van der Waals surface area contributed by atoms with Gasteiger partial charge in [0.2, 0.25) is 0 Å². The molecule has 2 atom stereocenters. The van der Waals surface area contributed by atoms with Gasteiger partial charge in [-0.25, -0.2) is 14.8 Å². The number of hydrogen-bond donors (Lipinski definition) is 2. The molecule has 0 saturated carbocycles. The average Bonchev–Trinajstić information content (AvgIpc) is 2.96. The van der Waals surface area contributed by atoms with Gasteiger partial charge in [0.1, 0.15) is 11.9 Å². The van der Waals surface area contributed by atoms with Gasteiger partial charge in [-0.15, -0.1) is 0 Å². The molecule has 0 aliphatic carbocycles. The van der Waals surface area contributed by atoms with Gasteiger partial charge in [0.25, 0.3) is 0 Å². The normalized spacial score (nSPS) is 21.0. The summed E-state index contributed by atoms with van der Waals surface area (Å²) in [5.41, 5.74) is 2.08. The van der Waals surface area contributed by atoms with Crippen molar-refractivity contribution in [3.8, 4) is 0 Å². The molecule has 2 aromatic heterocycles. The zero-order valence-electron chi connectivity index (χ0n) is 13.3. The number of pyridine rings is 1. The zero-order chi connectivity index (χ0) is 16.2. The number of aromatic nitrogens is 3. The van der Waals surface area contributed by atoms with Crippen LogP contribution >= 0.6 is 0 Å². The maximum Gasteiger partial charge on any atom is 0.320 e. The van der Waals surface area contributed by atoms with Gasteiger partial charge in [-0.05, 0) is 31.4 Å². The third-order valence-electron chi connectivity index (χ3n) is 3.96. The van der Waals surface area contributed by atoms with Gasteiger partial charge in [0, 0.05) is 25.9 Å². The topological polar surface area (TPSA) is 81.1 Å². The number of rotatable bonds is 3. The molecule has 1 aliphatic heterocycles. The maximum absolute atomic E-state index is 12.1. The standard InChI is InChI=1S/C16H21N5O2/c1-11-3-4-15(18-8-11)20-16(22)19-12-5-6-23-14(7-12)13-9-17-10-21(13)2/h3-4,8-10,12,14H,5-7H2,1-2H3,(H2,18,19,20,22)/t12-,14+/m1/s1. The van der Waals surface area contributed by atoms with Gasteiger partial charge in [-0.1, -0.05) is 6.07 Å². The Bertz CT molecular complexity index is 667. The monoisotopic (exact) mass is 315 g/mol. The summed E-state index contributed by atoms with van der Waals surface area (Å²) in [6, 6.07) is 3.53. The lowest BCUT2D eigenvalue weighted by Crippen LogP contribution is -2.42. The van der Waals surface area contributed by atoms with Gasteiger partial charge >= 0.3 is 6.03 Å². The van der Waals surface area contributed by atoms with Crippen molar-refractivity contribution >= 4 is 11.8 Å². The van der Waals surface area contributed by atoms with Crippen molar-refractivity contribution in [1.29, 1.82) is 0 Å². The number of nitrogens with one attached hydrogen (secondary N) is 2. The fraction of sp³-hybridized carbons (Fsp3) is 0.438. The van der Waals surface area contributed by atoms with Crippen LogP contribution in [0.15, 0.2) is 30.9 Å². The highest BCUT2D eigenvalue weighted by atomic mass is 16.5. The number of carbonyl (C=O) groups excluding carboxylic acids is 1. The fourth-order valence-electron chi connectivity index (χ4n) is 2.69. The minimum atomic E-state index is -0.239. The molecule has 23 heavy (non-hydrogen) atoms. The van der Waals surface area contributed by atoms with Crippen LogP contribution in [0.3, 0.4) is 0 Å². The van der Waals surface area contributed by atoms with Gasteiger partial charge in [-0.3, -0.25) is 5.32 Å². The molecule has 0 radical (unpaired) electrons. The number of carbonyl (C=O) groups is 1. The summed E-state index contributed by atoms with van der Waals surface area (Å²) in [6.45, 7) is 2.57. The number of anilines is 1. The van der Waals surface area contributed by atoms with Gasteiger partial charge in [-0.2, -0.15) is 0 Å². The molecule has 0 aromatic carbocycles. The van der Waals surface area contributed by atoms with Crippen molar-refractivity contribution in [2.24, 2.45) is 7.05 Å². The second-order valence-corrected chi connectivity index (χ2v) is 5.83. The molecule has 1 fully saturated rings. The van der Waals surface area contributed by atoms with Crippen LogP contribution in [0.2, 0.25) is 0 Å². The van der Waals surface area contributed by atoms with Crippen LogP contribution in [0.5, 0.6) is 0 Å². The van der Waals surface area contributed by atoms with Crippen molar-refractivity contribution < 1.29 is 9.53 Å². The van der Waals surface area contributed by atoms with E-state index < -0.39 is 0 Å². The van der Waals surface area contributed by atoms with Crippen molar-refractivity contribution in [1.82, 2.24) is 19.9 Å². The quantitative estimate of drug-likeness (QED) is 0.909. The van der Waals surface area contributed by atoms with Crippen molar-refractivity contribution in [2.75, 3.05) is 11.9 Å². The minimum Gasteiger partial charge on any atom is -0.372 e. The summed E-state index contributed by atoms with van der Waals surface area (Å²) in [4.78, 5) is 20.4. The number of imidazole rings is 1. The third-order valence-corrected chi connectivity index (χ3v) is 3.96. The molecule has 0 spiro atoms. The van der Waals surface area contributed by atoms with E-state index in [0.717, 1.165) is 24.1 Å². The minimum absolute atomic E-state index is 0.0425. The van der Waals surface area contributed by atoms with E-state index in [0.29, 0.717) is 12.4 Å². The lowest BCUT2D eigenvalue weighted by molar-refractivity contribution is -0.00151. The Hall–Kier alpha value is -2.41.